The summed E-state index contributed by atoms with van der Waals surface area (Å²) in [7, 11) is 3.16. The van der Waals surface area contributed by atoms with Crippen LogP contribution in [0.4, 0.5) is 16.3 Å². The number of methoxy groups -OCH3 is 1. The first-order valence-corrected chi connectivity index (χ1v) is 6.13. The molecule has 0 aliphatic heterocycles. The van der Waals surface area contributed by atoms with Gasteiger partial charge in [0.2, 0.25) is 11.9 Å². The Kier molecular flexibility index (Phi) is 4.29. The zero-order valence-corrected chi connectivity index (χ0v) is 11.5. The Hall–Kier alpha value is -2.44. The van der Waals surface area contributed by atoms with E-state index in [4.69, 9.17) is 4.74 Å². The van der Waals surface area contributed by atoms with Gasteiger partial charge in [0.1, 0.15) is 5.82 Å². The first-order chi connectivity index (χ1) is 9.63. The lowest BCUT2D eigenvalue weighted by molar-refractivity contribution is 0.379. The highest BCUT2D eigenvalue weighted by Crippen LogP contribution is 2.20. The minimum absolute atomic E-state index is 0.188. The lowest BCUT2D eigenvalue weighted by Gasteiger charge is -2.15. The van der Waals surface area contributed by atoms with Crippen LogP contribution in [-0.4, -0.2) is 29.1 Å². The molecule has 0 saturated heterocycles. The molecule has 1 heterocycles. The standard InChI is InChI=1S/C13H16FN5O/c1-8(9-6-4-5-7-10(9)14)16-12-17-11(15-2)18-13(19-12)20-3/h4-8H,1-3H3,(H2,15,16,17,18,19). The van der Waals surface area contributed by atoms with E-state index in [9.17, 15) is 4.39 Å². The van der Waals surface area contributed by atoms with Crippen LogP contribution in [0, 0.1) is 5.82 Å². The summed E-state index contributed by atoms with van der Waals surface area (Å²) >= 11 is 0. The number of nitrogens with zero attached hydrogens (tertiary/aromatic N) is 3. The van der Waals surface area contributed by atoms with E-state index in [2.05, 4.69) is 25.6 Å². The van der Waals surface area contributed by atoms with Gasteiger partial charge in [-0.3, -0.25) is 0 Å². The maximum atomic E-state index is 13.7. The third kappa shape index (κ3) is 3.11. The second-order valence-corrected chi connectivity index (χ2v) is 4.11. The topological polar surface area (TPSA) is 72.0 Å². The zero-order chi connectivity index (χ0) is 14.5. The summed E-state index contributed by atoms with van der Waals surface area (Å²) in [5.41, 5.74) is 0.540. The average Bonchev–Trinajstić information content (AvgIpc) is 2.47. The molecule has 106 valence electrons. The summed E-state index contributed by atoms with van der Waals surface area (Å²) in [4.78, 5) is 12.2. The molecule has 20 heavy (non-hydrogen) atoms. The van der Waals surface area contributed by atoms with E-state index in [0.29, 0.717) is 17.5 Å². The van der Waals surface area contributed by atoms with E-state index in [1.54, 1.807) is 25.2 Å². The fourth-order valence-corrected chi connectivity index (χ4v) is 1.72. The van der Waals surface area contributed by atoms with Crippen LogP contribution >= 0.6 is 0 Å². The number of hydrogen-bond acceptors (Lipinski definition) is 6. The third-order valence-corrected chi connectivity index (χ3v) is 2.74. The zero-order valence-electron chi connectivity index (χ0n) is 11.5. The van der Waals surface area contributed by atoms with E-state index in [1.807, 2.05) is 6.92 Å². The number of ether oxygens (including phenoxy) is 1. The quantitative estimate of drug-likeness (QED) is 0.873. The molecule has 7 heteroatoms. The van der Waals surface area contributed by atoms with Crippen LogP contribution in [0.25, 0.3) is 0 Å². The first kappa shape index (κ1) is 14.0. The van der Waals surface area contributed by atoms with Gasteiger partial charge >= 0.3 is 6.01 Å². The van der Waals surface area contributed by atoms with E-state index in [0.717, 1.165) is 0 Å². The van der Waals surface area contributed by atoms with Crippen LogP contribution < -0.4 is 15.4 Å². The van der Waals surface area contributed by atoms with Gasteiger partial charge in [0.15, 0.2) is 0 Å². The molecule has 0 bridgehead atoms. The van der Waals surface area contributed by atoms with Crippen LogP contribution in [0.2, 0.25) is 0 Å². The summed E-state index contributed by atoms with van der Waals surface area (Å²) in [5.74, 6) is 0.416. The van der Waals surface area contributed by atoms with Gasteiger partial charge < -0.3 is 15.4 Å². The predicted molar refractivity (Wildman–Crippen MR) is 74.4 cm³/mol. The Morgan fingerprint density at radius 3 is 2.50 bits per heavy atom. The van der Waals surface area contributed by atoms with Crippen LogP contribution in [0.3, 0.4) is 0 Å². The summed E-state index contributed by atoms with van der Waals surface area (Å²) in [5, 5.41) is 5.84. The summed E-state index contributed by atoms with van der Waals surface area (Å²) in [6, 6.07) is 6.46. The molecule has 0 aliphatic rings. The van der Waals surface area contributed by atoms with Crippen molar-refractivity contribution in [3.05, 3.63) is 35.6 Å². The van der Waals surface area contributed by atoms with Gasteiger partial charge in [-0.25, -0.2) is 4.39 Å². The molecule has 0 spiro atoms. The number of aromatic nitrogens is 3. The van der Waals surface area contributed by atoms with Crippen LogP contribution in [0.15, 0.2) is 24.3 Å². The minimum atomic E-state index is -0.284. The van der Waals surface area contributed by atoms with Crippen molar-refractivity contribution >= 4 is 11.9 Å². The second-order valence-electron chi connectivity index (χ2n) is 4.11. The molecular formula is C13H16FN5O. The molecule has 0 saturated carbocycles. The molecular weight excluding hydrogens is 261 g/mol. The molecule has 6 nitrogen and oxygen atoms in total. The normalized spacial score (nSPS) is 11.8. The van der Waals surface area contributed by atoms with Gasteiger partial charge in [-0.15, -0.1) is 0 Å². The van der Waals surface area contributed by atoms with Gasteiger partial charge in [-0.05, 0) is 13.0 Å². The molecule has 2 N–H and O–H groups in total. The van der Waals surface area contributed by atoms with E-state index < -0.39 is 0 Å². The monoisotopic (exact) mass is 277 g/mol. The molecule has 0 aliphatic carbocycles. The highest BCUT2D eigenvalue weighted by molar-refractivity contribution is 5.38. The molecule has 0 amide bonds. The van der Waals surface area contributed by atoms with Gasteiger partial charge in [0, 0.05) is 12.6 Å². The Bertz CT molecular complexity index is 570. The van der Waals surface area contributed by atoms with Crippen molar-refractivity contribution in [3.8, 4) is 6.01 Å². The van der Waals surface area contributed by atoms with E-state index >= 15 is 0 Å². The third-order valence-electron chi connectivity index (χ3n) is 2.74. The summed E-state index contributed by atoms with van der Waals surface area (Å²) in [6.45, 7) is 1.83. The van der Waals surface area contributed by atoms with Crippen molar-refractivity contribution in [3.63, 3.8) is 0 Å². The van der Waals surface area contributed by atoms with E-state index in [1.165, 1.54) is 13.2 Å². The van der Waals surface area contributed by atoms with Crippen molar-refractivity contribution in [2.45, 2.75) is 13.0 Å². The predicted octanol–water partition coefficient (Wildman–Crippen LogP) is 2.23. The molecule has 0 radical (unpaired) electrons. The Balaban J connectivity index is 2.23. The first-order valence-electron chi connectivity index (χ1n) is 6.13. The molecule has 2 rings (SSSR count). The number of halogens is 1. The highest BCUT2D eigenvalue weighted by Gasteiger charge is 2.13. The van der Waals surface area contributed by atoms with Crippen molar-refractivity contribution < 1.29 is 9.13 Å². The van der Waals surface area contributed by atoms with Crippen molar-refractivity contribution in [2.24, 2.45) is 0 Å². The summed E-state index contributed by atoms with van der Waals surface area (Å²) < 4.78 is 18.7. The summed E-state index contributed by atoms with van der Waals surface area (Å²) in [6.07, 6.45) is 0. The van der Waals surface area contributed by atoms with Gasteiger partial charge in [0.05, 0.1) is 13.2 Å². The molecule has 1 atom stereocenters. The van der Waals surface area contributed by atoms with Crippen molar-refractivity contribution in [1.82, 2.24) is 15.0 Å². The molecule has 0 fully saturated rings. The lowest BCUT2D eigenvalue weighted by atomic mass is 10.1. The average molecular weight is 277 g/mol. The fraction of sp³-hybridized carbons (Fsp3) is 0.308. The van der Waals surface area contributed by atoms with Crippen LogP contribution in [0.1, 0.15) is 18.5 Å². The molecule has 1 unspecified atom stereocenters. The Morgan fingerprint density at radius 2 is 1.85 bits per heavy atom. The smallest absolute Gasteiger partial charge is 0.322 e. The second kappa shape index (κ2) is 6.14. The van der Waals surface area contributed by atoms with Crippen molar-refractivity contribution in [2.75, 3.05) is 24.8 Å². The number of nitrogens with one attached hydrogen (secondary N) is 2. The maximum Gasteiger partial charge on any atom is 0.322 e. The van der Waals surface area contributed by atoms with Crippen LogP contribution in [-0.2, 0) is 0 Å². The number of anilines is 2. The molecule has 1 aromatic heterocycles. The van der Waals surface area contributed by atoms with Gasteiger partial charge in [0.25, 0.3) is 0 Å². The Morgan fingerprint density at radius 1 is 1.15 bits per heavy atom. The van der Waals surface area contributed by atoms with E-state index in [-0.39, 0.29) is 17.9 Å². The Labute approximate surface area is 116 Å². The number of rotatable bonds is 5. The highest BCUT2D eigenvalue weighted by atomic mass is 19.1. The lowest BCUT2D eigenvalue weighted by Crippen LogP contribution is -2.13. The number of hydrogen-bond donors (Lipinski definition) is 2. The SMILES string of the molecule is CNc1nc(NC(C)c2ccccc2F)nc(OC)n1. The van der Waals surface area contributed by atoms with Gasteiger partial charge in [-0.2, -0.15) is 15.0 Å². The number of benzene rings is 1. The minimum Gasteiger partial charge on any atom is -0.467 e. The van der Waals surface area contributed by atoms with Crippen molar-refractivity contribution in [1.29, 1.82) is 0 Å². The fourth-order valence-electron chi connectivity index (χ4n) is 1.72. The largest absolute Gasteiger partial charge is 0.467 e. The molecule has 1 aromatic carbocycles. The molecule has 2 aromatic rings. The van der Waals surface area contributed by atoms with Crippen LogP contribution in [0.5, 0.6) is 6.01 Å². The maximum absolute atomic E-state index is 13.7. The van der Waals surface area contributed by atoms with Gasteiger partial charge in [-0.1, -0.05) is 18.2 Å².